The van der Waals surface area contributed by atoms with E-state index in [1.54, 1.807) is 37.3 Å². The van der Waals surface area contributed by atoms with E-state index < -0.39 is 79.6 Å². The van der Waals surface area contributed by atoms with Crippen LogP contribution in [0.25, 0.3) is 0 Å². The summed E-state index contributed by atoms with van der Waals surface area (Å²) >= 11 is 0. The molecule has 1 unspecified atom stereocenters. The summed E-state index contributed by atoms with van der Waals surface area (Å²) in [4.78, 5) is 95.5. The van der Waals surface area contributed by atoms with E-state index in [1.807, 2.05) is 5.32 Å². The van der Waals surface area contributed by atoms with Crippen molar-refractivity contribution in [2.75, 3.05) is 24.8 Å². The minimum Gasteiger partial charge on any atom is -0.481 e. The molecule has 21 heteroatoms. The number of guanidine groups is 1. The number of terminal acetylenes is 1. The number of nitrogens with two attached hydrogens (primary N) is 2. The summed E-state index contributed by atoms with van der Waals surface area (Å²) in [5.41, 5.74) is 14.2. The Morgan fingerprint density at radius 3 is 2.07 bits per heavy atom. The van der Waals surface area contributed by atoms with Crippen LogP contribution in [0.4, 0.5) is 10.5 Å². The Kier molecular flexibility index (Phi) is 18.2. The van der Waals surface area contributed by atoms with E-state index in [4.69, 9.17) is 22.4 Å². The third-order valence-corrected chi connectivity index (χ3v) is 9.99. The van der Waals surface area contributed by atoms with Crippen LogP contribution in [0.3, 0.4) is 0 Å². The predicted octanol–water partition coefficient (Wildman–Crippen LogP) is 0.252. The fraction of sp³-hybridized carbons (Fsp3) is 0.405. The van der Waals surface area contributed by atoms with Crippen LogP contribution in [0.15, 0.2) is 59.6 Å². The van der Waals surface area contributed by atoms with Gasteiger partial charge in [-0.2, -0.15) is 0 Å². The summed E-state index contributed by atoms with van der Waals surface area (Å²) in [6.07, 6.45) is 5.14. The molecule has 58 heavy (non-hydrogen) atoms. The van der Waals surface area contributed by atoms with Crippen LogP contribution in [0.2, 0.25) is 0 Å². The first kappa shape index (κ1) is 45.9. The second kappa shape index (κ2) is 22.9. The first-order chi connectivity index (χ1) is 27.6. The highest BCUT2D eigenvalue weighted by Crippen LogP contribution is 2.45. The summed E-state index contributed by atoms with van der Waals surface area (Å²) in [6.45, 7) is 2.03. The summed E-state index contributed by atoms with van der Waals surface area (Å²) in [5, 5.41) is 26.8. The van der Waals surface area contributed by atoms with Crippen molar-refractivity contribution in [1.29, 1.82) is 0 Å². The Balaban J connectivity index is 1.80. The topological polar surface area (TPSA) is 315 Å². The molecule has 1 heterocycles. The Bertz CT molecular complexity index is 1900. The van der Waals surface area contributed by atoms with Crippen molar-refractivity contribution in [3.63, 3.8) is 0 Å². The maximum Gasteiger partial charge on any atom is 0.367 e. The van der Waals surface area contributed by atoms with E-state index in [-0.39, 0.29) is 57.8 Å². The highest BCUT2D eigenvalue weighted by molar-refractivity contribution is 7.65. The number of urea groups is 1. The predicted molar refractivity (Wildman–Crippen MR) is 213 cm³/mol. The molecule has 0 spiro atoms. The largest absolute Gasteiger partial charge is 0.481 e. The SMILES string of the molecule is C#CP(=O)(Nc1ccc(C(=O)NCCCC[C@@H]2NC(=O)[C@@H](Cc3ccccc3)NC(=O)[C@H](CC(=O)O)NC(=O)NC(=O)[C@H](CCCN=C(N)N)NC2=O)cc1)OCC. The minimum absolute atomic E-state index is 0.0132. The average Bonchev–Trinajstić information content (AvgIpc) is 3.17. The van der Waals surface area contributed by atoms with E-state index in [1.165, 1.54) is 24.3 Å². The van der Waals surface area contributed by atoms with Crippen molar-refractivity contribution in [2.24, 2.45) is 16.5 Å². The number of aliphatic carboxylic acids is 1. The summed E-state index contributed by atoms with van der Waals surface area (Å²) in [5.74, 6) is -5.65. The lowest BCUT2D eigenvalue weighted by molar-refractivity contribution is -0.140. The van der Waals surface area contributed by atoms with Gasteiger partial charge < -0.3 is 52.8 Å². The molecule has 2 aromatic carbocycles. The highest BCUT2D eigenvalue weighted by atomic mass is 31.2. The second-order valence-corrected chi connectivity index (χ2v) is 14.8. The van der Waals surface area contributed by atoms with Crippen LogP contribution in [0, 0.1) is 12.1 Å². The van der Waals surface area contributed by atoms with Crippen molar-refractivity contribution >= 4 is 60.7 Å². The van der Waals surface area contributed by atoms with Crippen molar-refractivity contribution in [3.8, 4) is 12.1 Å². The molecule has 0 aromatic heterocycles. The number of carboxylic acids is 1. The van der Waals surface area contributed by atoms with E-state index in [9.17, 15) is 43.2 Å². The molecule has 3 rings (SSSR count). The Hall–Kier alpha value is -6.45. The van der Waals surface area contributed by atoms with Crippen molar-refractivity contribution in [1.82, 2.24) is 31.9 Å². The Morgan fingerprint density at radius 1 is 0.845 bits per heavy atom. The lowest BCUT2D eigenvalue weighted by Gasteiger charge is -2.27. The number of carbonyl (C=O) groups excluding carboxylic acids is 6. The quantitative estimate of drug-likeness (QED) is 0.0317. The number of nitrogens with one attached hydrogen (secondary N) is 7. The number of imide groups is 1. The number of carboxylic acid groups (broad SMARTS) is 1. The zero-order chi connectivity index (χ0) is 42.7. The summed E-state index contributed by atoms with van der Waals surface area (Å²) < 4.78 is 17.7. The zero-order valence-corrected chi connectivity index (χ0v) is 32.7. The number of amides is 7. The van der Waals surface area contributed by atoms with Gasteiger partial charge in [-0.15, -0.1) is 6.42 Å². The number of aliphatic imine (C=N–C) groups is 1. The highest BCUT2D eigenvalue weighted by Gasteiger charge is 2.34. The Labute approximate surface area is 335 Å². The van der Waals surface area contributed by atoms with Crippen molar-refractivity contribution < 1.29 is 47.8 Å². The molecular weight excluding hydrogens is 775 g/mol. The van der Waals surface area contributed by atoms with Gasteiger partial charge in [-0.05, 0) is 68.9 Å². The van der Waals surface area contributed by atoms with Gasteiger partial charge in [0.05, 0.1) is 13.0 Å². The summed E-state index contributed by atoms with van der Waals surface area (Å²) in [7, 11) is -3.54. The molecule has 0 aliphatic carbocycles. The van der Waals surface area contributed by atoms with Crippen LogP contribution in [0.5, 0.6) is 0 Å². The van der Waals surface area contributed by atoms with E-state index in [0.717, 1.165) is 0 Å². The molecule has 2 aromatic rings. The van der Waals surface area contributed by atoms with Crippen LogP contribution in [-0.4, -0.2) is 96.5 Å². The zero-order valence-electron chi connectivity index (χ0n) is 31.8. The van der Waals surface area contributed by atoms with Crippen molar-refractivity contribution in [2.45, 2.75) is 76.0 Å². The third-order valence-electron chi connectivity index (χ3n) is 8.47. The van der Waals surface area contributed by atoms with Gasteiger partial charge in [0.1, 0.15) is 24.2 Å². The fourth-order valence-electron chi connectivity index (χ4n) is 5.62. The van der Waals surface area contributed by atoms with E-state index >= 15 is 0 Å². The number of rotatable bonds is 18. The van der Waals surface area contributed by atoms with Gasteiger partial charge in [0.2, 0.25) is 17.7 Å². The summed E-state index contributed by atoms with van der Waals surface area (Å²) in [6, 6.07) is 7.78. The van der Waals surface area contributed by atoms with Gasteiger partial charge in [0, 0.05) is 36.4 Å². The molecule has 1 saturated heterocycles. The number of hydrogen-bond acceptors (Lipinski definition) is 10. The van der Waals surface area contributed by atoms with Gasteiger partial charge in [-0.25, -0.2) is 4.79 Å². The fourth-order valence-corrected chi connectivity index (χ4v) is 6.68. The molecule has 0 saturated carbocycles. The standard InChI is InChI=1S/C37H49N10O10P/c1-3-57-58(56,4-2)47-25-17-15-24(16-18-25)31(50)40-19-9-8-13-26-32(51)42-27(14-10-20-41-36(38)39)33(52)46-37(55)45-29(22-30(48)49)35(54)44-28(34(53)43-26)21-23-11-6-5-7-12-23/h2,5-7,11-12,15-18,26-29H,3,8-10,13-14,19-22H2,1H3,(H,40,50)(H,42,51)(H,43,53)(H,44,54)(H,47,56)(H,48,49)(H4,38,39,41)(H2,45,46,52,55)/t26-,27-,28+,29-,58?/m0/s1. The number of benzene rings is 2. The van der Waals surface area contributed by atoms with Crippen LogP contribution in [0.1, 0.15) is 61.4 Å². The molecule has 0 bridgehead atoms. The average molecular weight is 825 g/mol. The third kappa shape index (κ3) is 15.6. The van der Waals surface area contributed by atoms with Gasteiger partial charge in [0.15, 0.2) is 5.96 Å². The molecule has 1 fully saturated rings. The number of hydrogen-bond donors (Lipinski definition) is 10. The molecule has 7 amide bonds. The monoisotopic (exact) mass is 824 g/mol. The molecule has 0 radical (unpaired) electrons. The number of anilines is 1. The molecule has 12 N–H and O–H groups in total. The molecule has 5 atom stereocenters. The lowest BCUT2D eigenvalue weighted by Crippen LogP contribution is -2.61. The second-order valence-electron chi connectivity index (χ2n) is 13.0. The van der Waals surface area contributed by atoms with E-state index in [2.05, 4.69) is 42.3 Å². The number of carbonyl (C=O) groups is 7. The lowest BCUT2D eigenvalue weighted by atomic mass is 10.0. The van der Waals surface area contributed by atoms with E-state index in [0.29, 0.717) is 23.2 Å². The molecule has 1 aliphatic rings. The Morgan fingerprint density at radius 2 is 1.45 bits per heavy atom. The van der Waals surface area contributed by atoms with Gasteiger partial charge in [-0.3, -0.25) is 43.6 Å². The normalized spacial score (nSPS) is 19.9. The minimum atomic E-state index is -3.54. The first-order valence-electron chi connectivity index (χ1n) is 18.4. The molecule has 1 aliphatic heterocycles. The molecule has 312 valence electrons. The van der Waals surface area contributed by atoms with Crippen LogP contribution < -0.4 is 48.5 Å². The maximum atomic E-state index is 13.9. The van der Waals surface area contributed by atoms with Crippen LogP contribution in [-0.2, 0) is 39.5 Å². The van der Waals surface area contributed by atoms with Crippen LogP contribution >= 0.6 is 7.52 Å². The maximum absolute atomic E-state index is 13.9. The number of unbranched alkanes of at least 4 members (excludes halogenated alkanes) is 1. The van der Waals surface area contributed by atoms with Gasteiger partial charge in [-0.1, -0.05) is 30.3 Å². The van der Waals surface area contributed by atoms with Crippen molar-refractivity contribution in [3.05, 3.63) is 65.7 Å². The smallest absolute Gasteiger partial charge is 0.367 e. The molecule has 20 nitrogen and oxygen atoms in total. The first-order valence-corrected chi connectivity index (χ1v) is 20.0. The number of nitrogens with zero attached hydrogens (tertiary/aromatic N) is 1. The van der Waals surface area contributed by atoms with Gasteiger partial charge >= 0.3 is 19.5 Å². The molecular formula is C37H49N10O10P. The van der Waals surface area contributed by atoms with Gasteiger partial charge in [0.25, 0.3) is 11.8 Å².